The van der Waals surface area contributed by atoms with Gasteiger partial charge >= 0.3 is 6.18 Å². The fourth-order valence-electron chi connectivity index (χ4n) is 2.75. The van der Waals surface area contributed by atoms with Crippen molar-refractivity contribution in [3.63, 3.8) is 0 Å². The van der Waals surface area contributed by atoms with E-state index in [-0.39, 0.29) is 11.4 Å². The summed E-state index contributed by atoms with van der Waals surface area (Å²) in [4.78, 5) is 9.64. The minimum Gasteiger partial charge on any atom is -0.355 e. The summed E-state index contributed by atoms with van der Waals surface area (Å²) in [5.41, 5.74) is -0.808. The van der Waals surface area contributed by atoms with E-state index in [1.165, 1.54) is 28.8 Å². The average Bonchev–Trinajstić information content (AvgIpc) is 2.88. The van der Waals surface area contributed by atoms with Gasteiger partial charge < -0.3 is 4.90 Å². The van der Waals surface area contributed by atoms with Crippen molar-refractivity contribution >= 4 is 15.8 Å². The molecule has 26 heavy (non-hydrogen) atoms. The zero-order valence-corrected chi connectivity index (χ0v) is 14.5. The molecule has 1 aliphatic heterocycles. The Hall–Kier alpha value is -2.20. The molecule has 6 nitrogen and oxygen atoms in total. The van der Waals surface area contributed by atoms with Gasteiger partial charge in [0.2, 0.25) is 10.0 Å². The van der Waals surface area contributed by atoms with Crippen molar-refractivity contribution < 1.29 is 21.6 Å². The second kappa shape index (κ2) is 7.20. The number of rotatable bonds is 3. The first-order valence-corrected chi connectivity index (χ1v) is 9.41. The van der Waals surface area contributed by atoms with E-state index in [1.807, 2.05) is 0 Å². The Morgan fingerprint density at radius 3 is 2.42 bits per heavy atom. The monoisotopic (exact) mass is 386 g/mol. The fraction of sp³-hybridized carbons (Fsp3) is 0.375. The molecule has 0 spiro atoms. The Morgan fingerprint density at radius 2 is 1.81 bits per heavy atom. The molecule has 0 atom stereocenters. The Kier molecular flexibility index (Phi) is 5.15. The lowest BCUT2D eigenvalue weighted by Crippen LogP contribution is -2.35. The predicted octanol–water partition coefficient (Wildman–Crippen LogP) is 2.40. The van der Waals surface area contributed by atoms with E-state index in [4.69, 9.17) is 0 Å². The predicted molar refractivity (Wildman–Crippen MR) is 89.1 cm³/mol. The lowest BCUT2D eigenvalue weighted by molar-refractivity contribution is -0.137. The highest BCUT2D eigenvalue weighted by molar-refractivity contribution is 7.89. The van der Waals surface area contributed by atoms with Crippen LogP contribution in [0.1, 0.15) is 12.0 Å². The molecule has 3 heterocycles. The SMILES string of the molecule is O=S(=O)(c1cccnc1)N1CCCN(c2ccc(C(F)(F)F)cn2)CC1. The zero-order valence-electron chi connectivity index (χ0n) is 13.7. The van der Waals surface area contributed by atoms with E-state index in [1.54, 1.807) is 11.0 Å². The van der Waals surface area contributed by atoms with Crippen molar-refractivity contribution in [2.45, 2.75) is 17.5 Å². The number of alkyl halides is 3. The van der Waals surface area contributed by atoms with Crippen LogP contribution >= 0.6 is 0 Å². The van der Waals surface area contributed by atoms with Crippen molar-refractivity contribution in [1.82, 2.24) is 14.3 Å². The van der Waals surface area contributed by atoms with Crippen molar-refractivity contribution in [3.05, 3.63) is 48.4 Å². The normalized spacial score (nSPS) is 17.1. The molecule has 0 N–H and O–H groups in total. The first-order valence-electron chi connectivity index (χ1n) is 7.97. The van der Waals surface area contributed by atoms with Crippen LogP contribution in [0.4, 0.5) is 19.0 Å². The van der Waals surface area contributed by atoms with Crippen molar-refractivity contribution in [2.24, 2.45) is 0 Å². The maximum atomic E-state index is 12.7. The van der Waals surface area contributed by atoms with Crippen LogP contribution in [-0.4, -0.2) is 48.9 Å². The van der Waals surface area contributed by atoms with E-state index in [2.05, 4.69) is 9.97 Å². The molecule has 140 valence electrons. The lowest BCUT2D eigenvalue weighted by atomic mass is 10.2. The van der Waals surface area contributed by atoms with Gasteiger partial charge in [0, 0.05) is 44.8 Å². The lowest BCUT2D eigenvalue weighted by Gasteiger charge is -2.22. The average molecular weight is 386 g/mol. The van der Waals surface area contributed by atoms with Crippen molar-refractivity contribution in [1.29, 1.82) is 0 Å². The molecule has 0 radical (unpaired) electrons. The summed E-state index contributed by atoms with van der Waals surface area (Å²) in [6.07, 6.45) is -0.291. The Morgan fingerprint density at radius 1 is 1.00 bits per heavy atom. The van der Waals surface area contributed by atoms with Crippen LogP contribution in [0.15, 0.2) is 47.8 Å². The Labute approximate surface area is 149 Å². The first kappa shape index (κ1) is 18.6. The molecule has 0 aromatic carbocycles. The van der Waals surface area contributed by atoms with Crippen LogP contribution in [0, 0.1) is 0 Å². The fourth-order valence-corrected chi connectivity index (χ4v) is 4.19. The minimum atomic E-state index is -4.43. The van der Waals surface area contributed by atoms with Crippen LogP contribution in [-0.2, 0) is 16.2 Å². The van der Waals surface area contributed by atoms with Gasteiger partial charge in [0.05, 0.1) is 5.56 Å². The molecular weight excluding hydrogens is 369 g/mol. The smallest absolute Gasteiger partial charge is 0.355 e. The van der Waals surface area contributed by atoms with Gasteiger partial charge in [0.15, 0.2) is 0 Å². The largest absolute Gasteiger partial charge is 0.417 e. The Bertz CT molecular complexity index is 842. The van der Waals surface area contributed by atoms with Gasteiger partial charge in [-0.3, -0.25) is 4.98 Å². The third-order valence-corrected chi connectivity index (χ3v) is 6.01. The number of anilines is 1. The van der Waals surface area contributed by atoms with Gasteiger partial charge in [-0.15, -0.1) is 0 Å². The third kappa shape index (κ3) is 3.96. The molecule has 0 aliphatic carbocycles. The van der Waals surface area contributed by atoms with Crippen molar-refractivity contribution in [3.8, 4) is 0 Å². The quantitative estimate of drug-likeness (QED) is 0.811. The maximum Gasteiger partial charge on any atom is 0.417 e. The summed E-state index contributed by atoms with van der Waals surface area (Å²) in [5.74, 6) is 0.402. The van der Waals surface area contributed by atoms with Gasteiger partial charge in [-0.1, -0.05) is 0 Å². The molecular formula is C16H17F3N4O2S. The molecule has 0 unspecified atom stereocenters. The summed E-state index contributed by atoms with van der Waals surface area (Å²) in [6, 6.07) is 5.34. The van der Waals surface area contributed by atoms with Gasteiger partial charge in [-0.25, -0.2) is 13.4 Å². The molecule has 1 aliphatic rings. The highest BCUT2D eigenvalue weighted by atomic mass is 32.2. The minimum absolute atomic E-state index is 0.126. The molecule has 1 saturated heterocycles. The molecule has 0 amide bonds. The summed E-state index contributed by atoms with van der Waals surface area (Å²) in [6.45, 7) is 1.41. The molecule has 2 aromatic heterocycles. The van der Waals surface area contributed by atoms with Crippen LogP contribution in [0.5, 0.6) is 0 Å². The molecule has 0 saturated carbocycles. The van der Waals surface area contributed by atoms with Crippen LogP contribution in [0.2, 0.25) is 0 Å². The van der Waals surface area contributed by atoms with E-state index in [9.17, 15) is 21.6 Å². The second-order valence-electron chi connectivity index (χ2n) is 5.84. The second-order valence-corrected chi connectivity index (χ2v) is 7.77. The Balaban J connectivity index is 1.72. The van der Waals surface area contributed by atoms with Crippen LogP contribution in [0.3, 0.4) is 0 Å². The van der Waals surface area contributed by atoms with Gasteiger partial charge in [0.25, 0.3) is 0 Å². The molecule has 2 aromatic rings. The molecule has 1 fully saturated rings. The van der Waals surface area contributed by atoms with E-state index in [0.717, 1.165) is 12.3 Å². The van der Waals surface area contributed by atoms with Crippen LogP contribution in [0.25, 0.3) is 0 Å². The summed E-state index contributed by atoms with van der Waals surface area (Å²) in [7, 11) is -3.64. The number of pyridine rings is 2. The van der Waals surface area contributed by atoms with Gasteiger partial charge in [0.1, 0.15) is 10.7 Å². The van der Waals surface area contributed by atoms with E-state index in [0.29, 0.717) is 31.9 Å². The summed E-state index contributed by atoms with van der Waals surface area (Å²) >= 11 is 0. The van der Waals surface area contributed by atoms with Gasteiger partial charge in [-0.2, -0.15) is 17.5 Å². The number of hydrogen-bond acceptors (Lipinski definition) is 5. The number of hydrogen-bond donors (Lipinski definition) is 0. The highest BCUT2D eigenvalue weighted by Gasteiger charge is 2.31. The topological polar surface area (TPSA) is 66.4 Å². The third-order valence-electron chi connectivity index (χ3n) is 4.13. The maximum absolute atomic E-state index is 12.7. The number of sulfonamides is 1. The number of halogens is 3. The van der Waals surface area contributed by atoms with E-state index >= 15 is 0 Å². The molecule has 0 bridgehead atoms. The van der Waals surface area contributed by atoms with Crippen molar-refractivity contribution in [2.75, 3.05) is 31.1 Å². The first-order chi connectivity index (χ1) is 12.3. The number of aromatic nitrogens is 2. The summed E-state index contributed by atoms with van der Waals surface area (Å²) in [5, 5.41) is 0. The standard InChI is InChI=1S/C16H17F3N4O2S/c17-16(18,19)13-4-5-15(21-11-13)22-7-2-8-23(10-9-22)26(24,25)14-3-1-6-20-12-14/h1,3-6,11-12H,2,7-10H2. The van der Waals surface area contributed by atoms with E-state index < -0.39 is 21.8 Å². The highest BCUT2D eigenvalue weighted by Crippen LogP contribution is 2.29. The number of nitrogens with zero attached hydrogens (tertiary/aromatic N) is 4. The molecule has 3 rings (SSSR count). The summed E-state index contributed by atoms with van der Waals surface area (Å²) < 4.78 is 64.6. The van der Waals surface area contributed by atoms with Crippen LogP contribution < -0.4 is 4.90 Å². The zero-order chi connectivity index (χ0) is 18.8. The molecule has 10 heteroatoms. The van der Waals surface area contributed by atoms with Gasteiger partial charge in [-0.05, 0) is 30.7 Å².